The lowest BCUT2D eigenvalue weighted by Crippen LogP contribution is -2.21. The smallest absolute Gasteiger partial charge is 0.261 e. The van der Waals surface area contributed by atoms with Crippen LogP contribution in [0.25, 0.3) is 0 Å². The highest BCUT2D eigenvalue weighted by Crippen LogP contribution is 2.43. The van der Waals surface area contributed by atoms with Gasteiger partial charge in [0.25, 0.3) is 10.0 Å². The molecule has 2 aromatic rings. The summed E-state index contributed by atoms with van der Waals surface area (Å²) >= 11 is 1.63. The third-order valence-corrected chi connectivity index (χ3v) is 6.33. The van der Waals surface area contributed by atoms with Crippen LogP contribution in [0.1, 0.15) is 5.56 Å². The summed E-state index contributed by atoms with van der Waals surface area (Å²) in [5.74, 6) is 0. The molecule has 0 bridgehead atoms. The summed E-state index contributed by atoms with van der Waals surface area (Å²) in [5.41, 5.74) is 2.62. The van der Waals surface area contributed by atoms with Crippen LogP contribution in [0.2, 0.25) is 0 Å². The molecule has 0 atom stereocenters. The summed E-state index contributed by atoms with van der Waals surface area (Å²) < 4.78 is 27.6. The Labute approximate surface area is 139 Å². The predicted octanol–water partition coefficient (Wildman–Crippen LogP) is 3.08. The molecule has 0 amide bonds. The van der Waals surface area contributed by atoms with Gasteiger partial charge in [-0.3, -0.25) is 9.71 Å². The number of aliphatic imine (C=N–C) groups is 1. The second-order valence-electron chi connectivity index (χ2n) is 5.52. The first-order valence-corrected chi connectivity index (χ1v) is 9.56. The monoisotopic (exact) mass is 345 g/mol. The van der Waals surface area contributed by atoms with Crippen LogP contribution < -0.4 is 9.62 Å². The zero-order chi connectivity index (χ0) is 16.0. The van der Waals surface area contributed by atoms with E-state index in [2.05, 4.69) is 14.6 Å². The van der Waals surface area contributed by atoms with Crippen molar-refractivity contribution in [1.29, 1.82) is 0 Å². The number of nitrogens with one attached hydrogen (secondary N) is 1. The number of anilines is 2. The first-order valence-electron chi connectivity index (χ1n) is 7.26. The van der Waals surface area contributed by atoms with Gasteiger partial charge in [-0.1, -0.05) is 17.7 Å². The van der Waals surface area contributed by atoms with Crippen LogP contribution in [0.15, 0.2) is 57.2 Å². The number of amidine groups is 1. The average Bonchev–Trinajstić information content (AvgIpc) is 3.08. The van der Waals surface area contributed by atoms with Crippen LogP contribution >= 0.6 is 11.8 Å². The lowest BCUT2D eigenvalue weighted by Gasteiger charge is -2.14. The minimum Gasteiger partial charge on any atom is -0.318 e. The SMILES string of the molecule is Cc1ccc(S(=O)(=O)Nc2ccc3c(c2)N2CCN=C2S3)cc1. The molecule has 0 saturated carbocycles. The van der Waals surface area contributed by atoms with Crippen molar-refractivity contribution in [3.63, 3.8) is 0 Å². The molecule has 118 valence electrons. The summed E-state index contributed by atoms with van der Waals surface area (Å²) in [6.45, 7) is 3.57. The minimum absolute atomic E-state index is 0.265. The van der Waals surface area contributed by atoms with Crippen LogP contribution in [0.3, 0.4) is 0 Å². The van der Waals surface area contributed by atoms with Crippen LogP contribution in [0.4, 0.5) is 11.4 Å². The first-order chi connectivity index (χ1) is 11.0. The number of fused-ring (bicyclic) bond motifs is 3. The van der Waals surface area contributed by atoms with E-state index in [0.29, 0.717) is 5.69 Å². The molecule has 0 aromatic heterocycles. The lowest BCUT2D eigenvalue weighted by molar-refractivity contribution is 0.601. The molecule has 0 spiro atoms. The number of hydrogen-bond acceptors (Lipinski definition) is 5. The molecule has 7 heteroatoms. The summed E-state index contributed by atoms with van der Waals surface area (Å²) in [6, 6.07) is 12.4. The highest BCUT2D eigenvalue weighted by atomic mass is 32.2. The van der Waals surface area contributed by atoms with E-state index in [9.17, 15) is 8.42 Å². The number of nitrogens with zero attached hydrogens (tertiary/aromatic N) is 2. The number of sulfonamides is 1. The fraction of sp³-hybridized carbons (Fsp3) is 0.188. The van der Waals surface area contributed by atoms with Crippen molar-refractivity contribution in [3.05, 3.63) is 48.0 Å². The van der Waals surface area contributed by atoms with E-state index < -0.39 is 10.0 Å². The molecule has 5 nitrogen and oxygen atoms in total. The Morgan fingerprint density at radius 2 is 1.96 bits per heavy atom. The van der Waals surface area contributed by atoms with E-state index in [-0.39, 0.29) is 4.90 Å². The van der Waals surface area contributed by atoms with Crippen molar-refractivity contribution in [1.82, 2.24) is 0 Å². The number of hydrogen-bond donors (Lipinski definition) is 1. The Balaban J connectivity index is 1.64. The number of thioether (sulfide) groups is 1. The van der Waals surface area contributed by atoms with Gasteiger partial charge in [-0.2, -0.15) is 0 Å². The van der Waals surface area contributed by atoms with Crippen molar-refractivity contribution < 1.29 is 8.42 Å². The molecule has 0 unspecified atom stereocenters. The molecular formula is C16H15N3O2S2. The van der Waals surface area contributed by atoms with Crippen molar-refractivity contribution in [2.24, 2.45) is 4.99 Å². The Kier molecular flexibility index (Phi) is 3.35. The van der Waals surface area contributed by atoms with Gasteiger partial charge in [-0.15, -0.1) is 0 Å². The summed E-state index contributed by atoms with van der Waals surface area (Å²) in [7, 11) is -3.58. The summed E-state index contributed by atoms with van der Waals surface area (Å²) in [6.07, 6.45) is 0. The molecule has 2 aliphatic rings. The maximum absolute atomic E-state index is 12.5. The van der Waals surface area contributed by atoms with Gasteiger partial charge >= 0.3 is 0 Å². The molecule has 23 heavy (non-hydrogen) atoms. The standard InChI is InChI=1S/C16H15N3O2S2/c1-11-2-5-13(6-3-11)23(20,21)18-12-4-7-15-14(10-12)19-9-8-17-16(19)22-15/h2-7,10,18H,8-9H2,1H3. The maximum atomic E-state index is 12.5. The highest BCUT2D eigenvalue weighted by molar-refractivity contribution is 8.14. The zero-order valence-electron chi connectivity index (χ0n) is 12.5. The molecular weight excluding hydrogens is 330 g/mol. The minimum atomic E-state index is -3.58. The Morgan fingerprint density at radius 3 is 2.74 bits per heavy atom. The van der Waals surface area contributed by atoms with E-state index in [4.69, 9.17) is 0 Å². The average molecular weight is 345 g/mol. The molecule has 2 heterocycles. The molecule has 4 rings (SSSR count). The molecule has 0 fully saturated rings. The number of benzene rings is 2. The van der Waals surface area contributed by atoms with Crippen LogP contribution in [-0.2, 0) is 10.0 Å². The first kappa shape index (κ1) is 14.6. The largest absolute Gasteiger partial charge is 0.318 e. The molecule has 2 aliphatic heterocycles. The van der Waals surface area contributed by atoms with E-state index in [0.717, 1.165) is 34.4 Å². The van der Waals surface area contributed by atoms with Crippen molar-refractivity contribution in [2.45, 2.75) is 16.7 Å². The molecule has 1 N–H and O–H groups in total. The lowest BCUT2D eigenvalue weighted by atomic mass is 10.2. The van der Waals surface area contributed by atoms with E-state index >= 15 is 0 Å². The van der Waals surface area contributed by atoms with Crippen LogP contribution in [-0.4, -0.2) is 26.7 Å². The van der Waals surface area contributed by atoms with Crippen molar-refractivity contribution in [3.8, 4) is 0 Å². The van der Waals surface area contributed by atoms with E-state index in [1.165, 1.54) is 0 Å². The third kappa shape index (κ3) is 2.60. The van der Waals surface area contributed by atoms with Gasteiger partial charge < -0.3 is 4.90 Å². The second-order valence-corrected chi connectivity index (χ2v) is 8.21. The van der Waals surface area contributed by atoms with Crippen molar-refractivity contribution >= 4 is 38.3 Å². The predicted molar refractivity (Wildman–Crippen MR) is 93.9 cm³/mol. The molecule has 2 aromatic carbocycles. The zero-order valence-corrected chi connectivity index (χ0v) is 14.1. The molecule has 0 saturated heterocycles. The number of aryl methyl sites for hydroxylation is 1. The van der Waals surface area contributed by atoms with Gasteiger partial charge in [0.1, 0.15) is 0 Å². The fourth-order valence-corrected chi connectivity index (χ4v) is 4.76. The van der Waals surface area contributed by atoms with Gasteiger partial charge in [0.2, 0.25) is 0 Å². The quantitative estimate of drug-likeness (QED) is 0.929. The third-order valence-electron chi connectivity index (χ3n) is 3.84. The summed E-state index contributed by atoms with van der Waals surface area (Å²) in [5, 5.41) is 0.999. The van der Waals surface area contributed by atoms with Crippen LogP contribution in [0, 0.1) is 6.92 Å². The second kappa shape index (κ2) is 5.28. The fourth-order valence-electron chi connectivity index (χ4n) is 2.65. The Hall–Kier alpha value is -1.99. The van der Waals surface area contributed by atoms with Crippen LogP contribution in [0.5, 0.6) is 0 Å². The Bertz CT molecular complexity index is 905. The number of rotatable bonds is 3. The normalized spacial score (nSPS) is 16.0. The van der Waals surface area contributed by atoms with E-state index in [1.54, 1.807) is 42.1 Å². The van der Waals surface area contributed by atoms with Gasteiger partial charge in [-0.25, -0.2) is 8.42 Å². The van der Waals surface area contributed by atoms with Gasteiger partial charge in [0, 0.05) is 11.4 Å². The molecule has 0 aliphatic carbocycles. The summed E-state index contributed by atoms with van der Waals surface area (Å²) in [4.78, 5) is 7.95. The molecule has 0 radical (unpaired) electrons. The Morgan fingerprint density at radius 1 is 1.17 bits per heavy atom. The highest BCUT2D eigenvalue weighted by Gasteiger charge is 2.30. The van der Waals surface area contributed by atoms with Gasteiger partial charge in [0.15, 0.2) is 5.17 Å². The van der Waals surface area contributed by atoms with E-state index in [1.807, 2.05) is 19.1 Å². The van der Waals surface area contributed by atoms with Gasteiger partial charge in [-0.05, 0) is 49.0 Å². The topological polar surface area (TPSA) is 61.8 Å². The maximum Gasteiger partial charge on any atom is 0.261 e. The van der Waals surface area contributed by atoms with Crippen molar-refractivity contribution in [2.75, 3.05) is 22.7 Å². The van der Waals surface area contributed by atoms with Gasteiger partial charge in [0.05, 0.1) is 22.8 Å².